The minimum absolute atomic E-state index is 0.420. The topological polar surface area (TPSA) is 57.3 Å². The summed E-state index contributed by atoms with van der Waals surface area (Å²) in [5.74, 6) is 0.420. The fourth-order valence-corrected chi connectivity index (χ4v) is 3.28. The van der Waals surface area contributed by atoms with Gasteiger partial charge in [0.2, 0.25) is 0 Å². The highest BCUT2D eigenvalue weighted by Gasteiger charge is 2.16. The van der Waals surface area contributed by atoms with Gasteiger partial charge in [0.1, 0.15) is 5.78 Å². The summed E-state index contributed by atoms with van der Waals surface area (Å²) in [6, 6.07) is 0. The van der Waals surface area contributed by atoms with Gasteiger partial charge in [0.25, 0.3) is 0 Å². The number of hydrogen-bond acceptors (Lipinski definition) is 7. The minimum atomic E-state index is 0.420. The quantitative estimate of drug-likeness (QED) is 0.706. The average molecular weight is 383 g/mol. The van der Waals surface area contributed by atoms with Crippen molar-refractivity contribution in [2.45, 2.75) is 19.3 Å². The molecule has 4 aliphatic rings. The Balaban J connectivity index is 0.000000159. The summed E-state index contributed by atoms with van der Waals surface area (Å²) in [7, 11) is 4.22. The van der Waals surface area contributed by atoms with Crippen LogP contribution in [-0.2, 0) is 14.3 Å². The third-order valence-corrected chi connectivity index (χ3v) is 5.20. The van der Waals surface area contributed by atoms with Crippen molar-refractivity contribution >= 4 is 5.78 Å². The standard InChI is InChI=1S/C10H18N2O.C6H11NO.C4H9NO/c1-11-4-2-10(3-5-11)12-6-8-13-9-7-12;1-7-4-2-6(8)3-5-7;1-3-6-4-2-5-1/h2H,3-9H2,1H3;2-5H2,1H3;5H,1-4H2. The molecular weight excluding hydrogens is 344 g/mol. The molecular formula is C20H38N4O3. The van der Waals surface area contributed by atoms with Crippen LogP contribution in [0.4, 0.5) is 0 Å². The number of likely N-dealkylation sites (N-methyl/N-ethyl adjacent to an activating group) is 1. The average Bonchev–Trinajstić information content (AvgIpc) is 2.74. The van der Waals surface area contributed by atoms with Gasteiger partial charge in [0.05, 0.1) is 26.4 Å². The molecule has 1 N–H and O–H groups in total. The first kappa shape index (κ1) is 22.3. The van der Waals surface area contributed by atoms with E-state index in [0.717, 1.165) is 85.1 Å². The highest BCUT2D eigenvalue weighted by molar-refractivity contribution is 5.79. The van der Waals surface area contributed by atoms with Gasteiger partial charge < -0.3 is 29.5 Å². The van der Waals surface area contributed by atoms with Crippen LogP contribution in [-0.4, -0.2) is 113 Å². The predicted molar refractivity (Wildman–Crippen MR) is 108 cm³/mol. The summed E-state index contributed by atoms with van der Waals surface area (Å²) in [6.07, 6.45) is 5.08. The number of carbonyl (C=O) groups is 1. The molecule has 3 saturated heterocycles. The van der Waals surface area contributed by atoms with Crippen LogP contribution < -0.4 is 5.32 Å². The van der Waals surface area contributed by atoms with Crippen LogP contribution in [0.5, 0.6) is 0 Å². The minimum Gasteiger partial charge on any atom is -0.379 e. The Morgan fingerprint density at radius 1 is 0.815 bits per heavy atom. The van der Waals surface area contributed by atoms with E-state index in [-0.39, 0.29) is 0 Å². The fraction of sp³-hybridized carbons (Fsp3) is 0.850. The Morgan fingerprint density at radius 2 is 1.41 bits per heavy atom. The summed E-state index contributed by atoms with van der Waals surface area (Å²) < 4.78 is 10.3. The zero-order valence-electron chi connectivity index (χ0n) is 17.3. The molecule has 0 bridgehead atoms. The fourth-order valence-electron chi connectivity index (χ4n) is 3.28. The van der Waals surface area contributed by atoms with Crippen molar-refractivity contribution in [1.29, 1.82) is 0 Å². The van der Waals surface area contributed by atoms with E-state index in [2.05, 4.69) is 33.1 Å². The first-order valence-electron chi connectivity index (χ1n) is 10.3. The number of ketones is 1. The van der Waals surface area contributed by atoms with Crippen molar-refractivity contribution in [3.63, 3.8) is 0 Å². The molecule has 0 aromatic rings. The second-order valence-electron chi connectivity index (χ2n) is 7.51. The predicted octanol–water partition coefficient (Wildman–Crippen LogP) is 0.425. The molecule has 4 rings (SSSR count). The highest BCUT2D eigenvalue weighted by Crippen LogP contribution is 2.15. The number of Topliss-reactive ketones (excluding diaryl/α,β-unsaturated/α-hetero) is 1. The second-order valence-corrected chi connectivity index (χ2v) is 7.51. The molecule has 0 unspecified atom stereocenters. The van der Waals surface area contributed by atoms with Gasteiger partial charge in [0, 0.05) is 70.9 Å². The highest BCUT2D eigenvalue weighted by atomic mass is 16.5. The van der Waals surface area contributed by atoms with Crippen LogP contribution in [0.2, 0.25) is 0 Å². The zero-order valence-corrected chi connectivity index (χ0v) is 17.3. The Hall–Kier alpha value is -0.990. The lowest BCUT2D eigenvalue weighted by atomic mass is 10.1. The Morgan fingerprint density at radius 3 is 1.85 bits per heavy atom. The Kier molecular flexibility index (Phi) is 10.9. The van der Waals surface area contributed by atoms with Crippen molar-refractivity contribution in [3.05, 3.63) is 11.8 Å². The van der Waals surface area contributed by atoms with Gasteiger partial charge >= 0.3 is 0 Å². The van der Waals surface area contributed by atoms with E-state index in [4.69, 9.17) is 9.47 Å². The number of morpholine rings is 2. The number of nitrogens with one attached hydrogen (secondary N) is 1. The van der Waals surface area contributed by atoms with Gasteiger partial charge in [-0.3, -0.25) is 4.79 Å². The van der Waals surface area contributed by atoms with Crippen molar-refractivity contribution in [3.8, 4) is 0 Å². The van der Waals surface area contributed by atoms with Gasteiger partial charge in [-0.2, -0.15) is 0 Å². The molecule has 7 heteroatoms. The lowest BCUT2D eigenvalue weighted by Gasteiger charge is -2.34. The molecule has 0 atom stereocenters. The number of hydrogen-bond donors (Lipinski definition) is 1. The zero-order chi connectivity index (χ0) is 19.3. The lowest BCUT2D eigenvalue weighted by molar-refractivity contribution is -0.121. The maximum Gasteiger partial charge on any atom is 0.135 e. The van der Waals surface area contributed by atoms with Gasteiger partial charge in [-0.05, 0) is 20.5 Å². The van der Waals surface area contributed by atoms with Crippen molar-refractivity contribution in [1.82, 2.24) is 20.0 Å². The van der Waals surface area contributed by atoms with E-state index in [9.17, 15) is 4.79 Å². The number of nitrogens with zero attached hydrogens (tertiary/aromatic N) is 3. The molecule has 0 aliphatic carbocycles. The van der Waals surface area contributed by atoms with Crippen LogP contribution in [0, 0.1) is 0 Å². The Labute approximate surface area is 164 Å². The van der Waals surface area contributed by atoms with Crippen molar-refractivity contribution in [2.75, 3.05) is 92.9 Å². The molecule has 156 valence electrons. The Bertz CT molecular complexity index is 427. The number of ether oxygens (including phenoxy) is 2. The largest absolute Gasteiger partial charge is 0.379 e. The number of likely N-dealkylation sites (tertiary alicyclic amines) is 1. The van der Waals surface area contributed by atoms with E-state index in [1.165, 1.54) is 18.7 Å². The third kappa shape index (κ3) is 9.67. The molecule has 4 aliphatic heterocycles. The molecule has 0 aromatic heterocycles. The first-order chi connectivity index (χ1) is 13.1. The van der Waals surface area contributed by atoms with Gasteiger partial charge in [-0.15, -0.1) is 0 Å². The SMILES string of the molecule is C1COCCN1.CN1CC=C(N2CCOCC2)CC1.CN1CCC(=O)CC1. The lowest BCUT2D eigenvalue weighted by Crippen LogP contribution is -2.38. The maximum absolute atomic E-state index is 10.6. The summed E-state index contributed by atoms with van der Waals surface area (Å²) in [6.45, 7) is 12.0. The van der Waals surface area contributed by atoms with Crippen LogP contribution in [0.1, 0.15) is 19.3 Å². The summed E-state index contributed by atoms with van der Waals surface area (Å²) in [5, 5.41) is 3.16. The van der Waals surface area contributed by atoms with Gasteiger partial charge in [-0.25, -0.2) is 0 Å². The van der Waals surface area contributed by atoms with E-state index in [1.54, 1.807) is 0 Å². The van der Waals surface area contributed by atoms with Gasteiger partial charge in [0.15, 0.2) is 0 Å². The number of carbonyl (C=O) groups excluding carboxylic acids is 1. The summed E-state index contributed by atoms with van der Waals surface area (Å²) in [5.41, 5.74) is 1.53. The van der Waals surface area contributed by atoms with Crippen molar-refractivity contribution < 1.29 is 14.3 Å². The molecule has 0 radical (unpaired) electrons. The normalized spacial score (nSPS) is 24.9. The maximum atomic E-state index is 10.6. The molecule has 0 amide bonds. The molecule has 0 aromatic carbocycles. The van der Waals surface area contributed by atoms with E-state index in [0.29, 0.717) is 5.78 Å². The van der Waals surface area contributed by atoms with Crippen LogP contribution in [0.15, 0.2) is 11.8 Å². The van der Waals surface area contributed by atoms with Crippen LogP contribution in [0.3, 0.4) is 0 Å². The summed E-state index contributed by atoms with van der Waals surface area (Å²) >= 11 is 0. The number of rotatable bonds is 1. The monoisotopic (exact) mass is 382 g/mol. The van der Waals surface area contributed by atoms with E-state index >= 15 is 0 Å². The summed E-state index contributed by atoms with van der Waals surface area (Å²) in [4.78, 5) is 17.6. The van der Waals surface area contributed by atoms with E-state index < -0.39 is 0 Å². The number of piperidine rings is 1. The second kappa shape index (κ2) is 13.2. The molecule has 0 spiro atoms. The molecule has 27 heavy (non-hydrogen) atoms. The molecule has 0 saturated carbocycles. The molecule has 3 fully saturated rings. The molecule has 7 nitrogen and oxygen atoms in total. The first-order valence-corrected chi connectivity index (χ1v) is 10.3. The third-order valence-electron chi connectivity index (χ3n) is 5.20. The molecule has 4 heterocycles. The van der Waals surface area contributed by atoms with Crippen LogP contribution in [0.25, 0.3) is 0 Å². The van der Waals surface area contributed by atoms with E-state index in [1.807, 2.05) is 7.05 Å². The van der Waals surface area contributed by atoms with Gasteiger partial charge in [-0.1, -0.05) is 6.08 Å². The van der Waals surface area contributed by atoms with Crippen LogP contribution >= 0.6 is 0 Å². The van der Waals surface area contributed by atoms with Crippen molar-refractivity contribution in [2.24, 2.45) is 0 Å². The smallest absolute Gasteiger partial charge is 0.135 e.